The molecule has 5 aromatic heterocycles. The maximum atomic E-state index is 11.9. The van der Waals surface area contributed by atoms with E-state index in [1.54, 1.807) is 47.6 Å². The number of nitriles is 2. The Bertz CT molecular complexity index is 5220. The van der Waals surface area contributed by atoms with Gasteiger partial charge in [-0.05, 0) is 83.0 Å². The number of aromatic nitrogens is 10. The Morgan fingerprint density at radius 2 is 0.845 bits per heavy atom. The number of phenolic OH excluding ortho intramolecular Hbond substituents is 6. The highest BCUT2D eigenvalue weighted by atomic mass is 35.5. The summed E-state index contributed by atoms with van der Waals surface area (Å²) in [6.07, 6.45) is 14.6. The number of hydrogen-bond donors (Lipinski definition) is 7. The van der Waals surface area contributed by atoms with Crippen molar-refractivity contribution in [2.45, 2.75) is 65.3 Å². The van der Waals surface area contributed by atoms with Gasteiger partial charge in [0.2, 0.25) is 17.2 Å². The van der Waals surface area contributed by atoms with E-state index in [1.165, 1.54) is 71.6 Å². The highest BCUT2D eigenvalue weighted by Gasteiger charge is 2.33. The van der Waals surface area contributed by atoms with Crippen LogP contribution in [0, 0.1) is 72.7 Å². The molecule has 7 N–H and O–H groups in total. The first-order chi connectivity index (χ1) is 54.5. The molecular weight excluding hydrogens is 1560 g/mol. The SMILES string of the molecule is COC(=O)c1cnc(/C(C#N)=C/c2cc(O)c(O)c([N+](=O)[O-])c2)cn1.COC(=O)c1cnc(Cl)cn1.N#C/C(=C\c1cc(O)c(O)c([N+](=O)[O-])c1)c1cnc(C(=O)O)cn1.O=Cc1cc(O)c(O)c([N+](=O)[O-])c1.[C-]#[N+]C(C(=O)OC(C)(C)C)c1cnc(C(=O)OC)cn1.[C-]#[N+]CC(=O)OC(C)(C)C.[C-]#[N+]Cc1cnc(C(=O)OC)cn1. The molecule has 0 spiro atoms. The first kappa shape index (κ1) is 95.3. The Labute approximate surface area is 658 Å². The third-order valence-electron chi connectivity index (χ3n) is 12.4. The Morgan fingerprint density at radius 1 is 0.500 bits per heavy atom. The molecule has 8 aromatic rings. The van der Waals surface area contributed by atoms with E-state index in [2.05, 4.69) is 83.3 Å². The van der Waals surface area contributed by atoms with Gasteiger partial charge in [-0.1, -0.05) is 11.6 Å². The first-order valence-corrected chi connectivity index (χ1v) is 31.5. The molecule has 0 amide bonds. The molecule has 0 saturated heterocycles. The summed E-state index contributed by atoms with van der Waals surface area (Å²) in [7, 11) is 4.96. The molecule has 1 atom stereocenters. The Balaban J connectivity index is 0.000000471. The number of methoxy groups -OCH3 is 4. The van der Waals surface area contributed by atoms with E-state index in [9.17, 15) is 99.6 Å². The summed E-state index contributed by atoms with van der Waals surface area (Å²) >= 11 is 5.43. The van der Waals surface area contributed by atoms with Crippen molar-refractivity contribution < 1.29 is 117 Å². The third-order valence-corrected chi connectivity index (χ3v) is 12.6. The predicted octanol–water partition coefficient (Wildman–Crippen LogP) is 8.44. The van der Waals surface area contributed by atoms with Crippen LogP contribution in [-0.4, -0.2) is 195 Å². The van der Waals surface area contributed by atoms with E-state index in [4.69, 9.17) is 56.1 Å². The number of carboxylic acids is 1. The van der Waals surface area contributed by atoms with Crippen molar-refractivity contribution in [2.75, 3.05) is 35.0 Å². The van der Waals surface area contributed by atoms with E-state index in [0.717, 1.165) is 67.4 Å². The van der Waals surface area contributed by atoms with Crippen LogP contribution in [0.3, 0.4) is 0 Å². The molecule has 0 radical (unpaired) electrons. The molecule has 0 bridgehead atoms. The molecule has 5 heterocycles. The number of aromatic hydroxyl groups is 6. The van der Waals surface area contributed by atoms with Gasteiger partial charge in [-0.15, -0.1) is 0 Å². The van der Waals surface area contributed by atoms with E-state index < -0.39 is 125 Å². The molecule has 45 nitrogen and oxygen atoms in total. The second-order valence-electron chi connectivity index (χ2n) is 23.0. The molecule has 116 heavy (non-hydrogen) atoms. The average molecular weight is 1620 g/mol. The second-order valence-corrected chi connectivity index (χ2v) is 23.4. The van der Waals surface area contributed by atoms with Gasteiger partial charge in [0.15, 0.2) is 51.4 Å². The smallest absolute Gasteiger partial charge is 0.397 e. The van der Waals surface area contributed by atoms with Crippen molar-refractivity contribution >= 4 is 100 Å². The Morgan fingerprint density at radius 3 is 1.14 bits per heavy atom. The predicted molar refractivity (Wildman–Crippen MR) is 392 cm³/mol. The average Bonchev–Trinajstić information content (AvgIpc) is 0.828. The van der Waals surface area contributed by atoms with Gasteiger partial charge in [-0.3, -0.25) is 50.0 Å². The fourth-order valence-electron chi connectivity index (χ4n) is 7.42. The number of aldehydes is 1. The largest absolute Gasteiger partial charge is 0.504 e. The number of benzene rings is 3. The minimum atomic E-state index is -1.28. The van der Waals surface area contributed by atoms with Gasteiger partial charge in [0.25, 0.3) is 6.54 Å². The highest BCUT2D eigenvalue weighted by molar-refractivity contribution is 6.29. The molecule has 46 heteroatoms. The standard InChI is InChI=1S/C15H10N4O6.C14H8N4O6.C13H15N3O4.C8H7N3O2.C7H5NO5.C7H11NO2.C6H5ClN2O2/c1-25-15(22)11-7-17-10(6-18-11)9(5-16)2-8-3-12(19(23)24)14(21)13(20)4-8;15-4-8(9-5-17-10(6-16-9)14(21)22)1-7-2-11(18(23)24)13(20)12(19)3-7;1-13(2,3)20-12(18)10(14-4)8-6-16-9(7-15-8)11(17)19-5;1-9-3-6-4-11-7(5-10-6)8(12)13-2;9-3-4-1-5(8(12)13)7(11)6(10)2-4;1-7(2,3)10-6(9)5-8-4;1-11-6(10)4-2-9-5(7)3-8-4/h2-4,6-7,20-21H,1H3;1-3,5-6,19-20H,(H,21,22);6-7,10H,1-3,5H3;4-5H,3H2,2H3;1-3,10-11H;5H2,1-3H3;2-3H,1H3/b9-2+;8-1+;;;;;. The van der Waals surface area contributed by atoms with Crippen LogP contribution in [0.4, 0.5) is 17.1 Å². The molecule has 8 rings (SSSR count). The van der Waals surface area contributed by atoms with Crippen molar-refractivity contribution in [3.05, 3.63) is 236 Å². The van der Waals surface area contributed by atoms with Crippen LogP contribution in [0.5, 0.6) is 34.5 Å². The number of ether oxygens (including phenoxy) is 6. The molecule has 0 aliphatic carbocycles. The first-order valence-electron chi connectivity index (χ1n) is 31.1. The van der Waals surface area contributed by atoms with Gasteiger partial charge >= 0.3 is 71.4 Å². The zero-order valence-electron chi connectivity index (χ0n) is 61.7. The number of phenols is 6. The molecule has 1 unspecified atom stereocenters. The Hall–Kier alpha value is -16.8. The number of carbonyl (C=O) groups is 8. The molecule has 0 aliphatic heterocycles. The number of carboxylic acid groups (broad SMARTS) is 1. The van der Waals surface area contributed by atoms with Crippen molar-refractivity contribution in [1.29, 1.82) is 10.5 Å². The summed E-state index contributed by atoms with van der Waals surface area (Å²) < 4.78 is 27.7. The van der Waals surface area contributed by atoms with E-state index >= 15 is 0 Å². The van der Waals surface area contributed by atoms with Crippen LogP contribution in [0.2, 0.25) is 5.15 Å². The van der Waals surface area contributed by atoms with Crippen LogP contribution in [-0.2, 0) is 44.6 Å². The summed E-state index contributed by atoms with van der Waals surface area (Å²) in [5, 5.41) is 115. The number of allylic oxidation sites excluding steroid dienone is 2. The summed E-state index contributed by atoms with van der Waals surface area (Å²) in [5.74, 6) is -9.52. The summed E-state index contributed by atoms with van der Waals surface area (Å²) in [6, 6.07) is 8.28. The number of nitro benzene ring substituents is 3. The maximum absolute atomic E-state index is 11.9. The lowest BCUT2D eigenvalue weighted by Gasteiger charge is -2.19. The van der Waals surface area contributed by atoms with Crippen LogP contribution in [0.15, 0.2) is 98.4 Å². The fourth-order valence-corrected chi connectivity index (χ4v) is 7.52. The van der Waals surface area contributed by atoms with Crippen molar-refractivity contribution in [1.82, 2.24) is 49.8 Å². The van der Waals surface area contributed by atoms with Gasteiger partial charge in [0.05, 0.1) is 128 Å². The van der Waals surface area contributed by atoms with Crippen LogP contribution in [0.1, 0.15) is 144 Å². The number of carbonyl (C=O) groups excluding carboxylic acids is 7. The quantitative estimate of drug-likeness (QED) is 0.00657. The van der Waals surface area contributed by atoms with Crippen molar-refractivity contribution in [3.8, 4) is 46.6 Å². The van der Waals surface area contributed by atoms with Gasteiger partial charge in [-0.2, -0.15) is 10.5 Å². The summed E-state index contributed by atoms with van der Waals surface area (Å²) in [5.41, 5.74) is -2.55. The van der Waals surface area contributed by atoms with Gasteiger partial charge < -0.3 is 73.9 Å². The molecule has 0 saturated carbocycles. The van der Waals surface area contributed by atoms with Gasteiger partial charge in [-0.25, -0.2) is 93.1 Å². The molecule has 0 fully saturated rings. The fraction of sp³-hybridized carbons (Fsp3) is 0.214. The number of rotatable bonds is 17. The topological polar surface area (TPSA) is 653 Å². The number of hydrogen-bond acceptors (Lipinski definition) is 38. The monoisotopic (exact) mass is 1620 g/mol. The zero-order valence-corrected chi connectivity index (χ0v) is 62.4. The number of nitrogens with zero attached hydrogens (tertiary/aromatic N) is 18. The summed E-state index contributed by atoms with van der Waals surface area (Å²) in [4.78, 5) is 164. The lowest BCUT2D eigenvalue weighted by atomic mass is 10.1. The van der Waals surface area contributed by atoms with Gasteiger partial charge in [0.1, 0.15) is 40.5 Å². The number of aromatic carboxylic acids is 1. The molecular formula is C70H61ClN18O27. The summed E-state index contributed by atoms with van der Waals surface area (Å²) in [6.45, 7) is 30.4. The minimum absolute atomic E-state index is 0.00386. The van der Waals surface area contributed by atoms with E-state index in [-0.39, 0.29) is 91.6 Å². The maximum Gasteiger partial charge on any atom is 0.397 e. The van der Waals surface area contributed by atoms with Crippen LogP contribution >= 0.6 is 11.6 Å². The van der Waals surface area contributed by atoms with Crippen molar-refractivity contribution in [2.24, 2.45) is 0 Å². The minimum Gasteiger partial charge on any atom is -0.504 e. The highest BCUT2D eigenvalue weighted by Crippen LogP contribution is 2.39. The lowest BCUT2D eigenvalue weighted by Crippen LogP contribution is -2.27. The van der Waals surface area contributed by atoms with E-state index in [1.807, 2.05) is 6.07 Å². The van der Waals surface area contributed by atoms with E-state index in [0.29, 0.717) is 12.0 Å². The normalized spacial score (nSPS) is 10.5. The molecule has 3 aromatic carbocycles. The molecule has 600 valence electrons. The Kier molecular flexibility index (Phi) is 37.7. The number of nitro groups is 3. The molecule has 0 aliphatic rings. The van der Waals surface area contributed by atoms with Gasteiger partial charge in [0, 0.05) is 23.8 Å². The lowest BCUT2D eigenvalue weighted by molar-refractivity contribution is -0.386. The van der Waals surface area contributed by atoms with Crippen LogP contribution < -0.4 is 0 Å². The number of halogens is 1. The second kappa shape index (κ2) is 45.9. The van der Waals surface area contributed by atoms with Crippen molar-refractivity contribution in [3.63, 3.8) is 0 Å². The third kappa shape index (κ3) is 31.4. The number of esters is 6. The zero-order chi connectivity index (χ0) is 87.9. The van der Waals surface area contributed by atoms with Crippen LogP contribution in [0.25, 0.3) is 37.8 Å².